The van der Waals surface area contributed by atoms with Gasteiger partial charge in [-0.05, 0) is 45.7 Å². The molecule has 1 aromatic heterocycles. The number of carbonyl (C=O) groups excluding carboxylic acids is 2. The Balaban J connectivity index is 1.68. The number of esters is 1. The predicted octanol–water partition coefficient (Wildman–Crippen LogP) is 2.59. The van der Waals surface area contributed by atoms with Gasteiger partial charge in [0.05, 0.1) is 17.8 Å². The van der Waals surface area contributed by atoms with Gasteiger partial charge in [0.2, 0.25) is 0 Å². The second kappa shape index (κ2) is 7.72. The molecule has 1 saturated heterocycles. The summed E-state index contributed by atoms with van der Waals surface area (Å²) in [4.78, 5) is 26.4. The van der Waals surface area contributed by atoms with Gasteiger partial charge in [0, 0.05) is 24.3 Å². The summed E-state index contributed by atoms with van der Waals surface area (Å²) in [5.74, 6) is -0.506. The van der Waals surface area contributed by atoms with E-state index in [1.54, 1.807) is 11.8 Å². The monoisotopic (exact) mass is 355 g/mol. The van der Waals surface area contributed by atoms with Crippen LogP contribution in [0.3, 0.4) is 0 Å². The van der Waals surface area contributed by atoms with Gasteiger partial charge in [-0.1, -0.05) is 18.2 Å². The lowest BCUT2D eigenvalue weighted by Gasteiger charge is -2.20. The quantitative estimate of drug-likeness (QED) is 0.774. The zero-order chi connectivity index (χ0) is 18.7. The van der Waals surface area contributed by atoms with Crippen LogP contribution in [-0.4, -0.2) is 45.8 Å². The molecule has 0 aliphatic carbocycles. The Kier molecular flexibility index (Phi) is 5.40. The summed E-state index contributed by atoms with van der Waals surface area (Å²) >= 11 is 0. The number of rotatable bonds is 5. The number of amides is 1. The molecule has 138 valence electrons. The fraction of sp³-hybridized carbons (Fsp3) is 0.450. The van der Waals surface area contributed by atoms with E-state index in [1.165, 1.54) is 0 Å². The molecule has 3 rings (SSSR count). The molecule has 0 spiro atoms. The molecule has 0 N–H and O–H groups in total. The molecule has 1 aromatic carbocycles. The SMILES string of the molecule is Cc1nn(-c2ccccc2)c(C)c1CC(=O)O[C@H](C)C(=O)N1CCCC1. The average molecular weight is 355 g/mol. The Bertz CT molecular complexity index is 792. The maximum absolute atomic E-state index is 12.4. The highest BCUT2D eigenvalue weighted by Gasteiger charge is 2.26. The van der Waals surface area contributed by atoms with Gasteiger partial charge in [0.15, 0.2) is 6.10 Å². The molecule has 6 heteroatoms. The van der Waals surface area contributed by atoms with E-state index in [0.29, 0.717) is 0 Å². The predicted molar refractivity (Wildman–Crippen MR) is 98.1 cm³/mol. The number of carbonyl (C=O) groups is 2. The van der Waals surface area contributed by atoms with Gasteiger partial charge in [0.25, 0.3) is 5.91 Å². The van der Waals surface area contributed by atoms with Crippen molar-refractivity contribution < 1.29 is 14.3 Å². The number of nitrogens with zero attached hydrogens (tertiary/aromatic N) is 3. The van der Waals surface area contributed by atoms with Crippen molar-refractivity contribution in [2.24, 2.45) is 0 Å². The third kappa shape index (κ3) is 3.79. The highest BCUT2D eigenvalue weighted by Crippen LogP contribution is 2.19. The molecule has 1 aliphatic rings. The van der Waals surface area contributed by atoms with Crippen LogP contribution in [0.2, 0.25) is 0 Å². The molecule has 1 amide bonds. The number of para-hydroxylation sites is 1. The van der Waals surface area contributed by atoms with Gasteiger partial charge in [-0.3, -0.25) is 9.59 Å². The summed E-state index contributed by atoms with van der Waals surface area (Å²) < 4.78 is 7.22. The number of hydrogen-bond acceptors (Lipinski definition) is 4. The van der Waals surface area contributed by atoms with Crippen molar-refractivity contribution in [3.8, 4) is 5.69 Å². The first kappa shape index (κ1) is 18.2. The van der Waals surface area contributed by atoms with E-state index >= 15 is 0 Å². The lowest BCUT2D eigenvalue weighted by atomic mass is 10.1. The standard InChI is InChI=1S/C20H25N3O3/c1-14-18(15(2)23(21-14)17-9-5-4-6-10-17)13-19(24)26-16(3)20(25)22-11-7-8-12-22/h4-6,9-10,16H,7-8,11-13H2,1-3H3/t16-/m1/s1. The minimum absolute atomic E-state index is 0.107. The summed E-state index contributed by atoms with van der Waals surface area (Å²) in [5.41, 5.74) is 3.50. The Morgan fingerprint density at radius 2 is 1.81 bits per heavy atom. The van der Waals surface area contributed by atoms with Crippen LogP contribution in [0.4, 0.5) is 0 Å². The maximum atomic E-state index is 12.4. The normalized spacial score (nSPS) is 15.1. The molecule has 2 aromatic rings. The van der Waals surface area contributed by atoms with Gasteiger partial charge in [0.1, 0.15) is 0 Å². The van der Waals surface area contributed by atoms with Crippen LogP contribution >= 0.6 is 0 Å². The summed E-state index contributed by atoms with van der Waals surface area (Å²) in [6, 6.07) is 9.79. The highest BCUT2D eigenvalue weighted by atomic mass is 16.5. The largest absolute Gasteiger partial charge is 0.452 e. The smallest absolute Gasteiger partial charge is 0.311 e. The minimum Gasteiger partial charge on any atom is -0.452 e. The van der Waals surface area contributed by atoms with Gasteiger partial charge in [-0.2, -0.15) is 5.10 Å². The fourth-order valence-electron chi connectivity index (χ4n) is 3.38. The van der Waals surface area contributed by atoms with Crippen molar-refractivity contribution in [1.29, 1.82) is 0 Å². The third-order valence-electron chi connectivity index (χ3n) is 4.84. The molecule has 1 fully saturated rings. The van der Waals surface area contributed by atoms with Gasteiger partial charge in [-0.15, -0.1) is 0 Å². The Labute approximate surface area is 153 Å². The zero-order valence-corrected chi connectivity index (χ0v) is 15.6. The van der Waals surface area contributed by atoms with Gasteiger partial charge < -0.3 is 9.64 Å². The molecule has 26 heavy (non-hydrogen) atoms. The van der Waals surface area contributed by atoms with Crippen molar-refractivity contribution in [3.05, 3.63) is 47.3 Å². The van der Waals surface area contributed by atoms with Crippen molar-refractivity contribution in [1.82, 2.24) is 14.7 Å². The van der Waals surface area contributed by atoms with E-state index in [4.69, 9.17) is 4.74 Å². The lowest BCUT2D eigenvalue weighted by molar-refractivity contribution is -0.158. The molecule has 6 nitrogen and oxygen atoms in total. The summed E-state index contributed by atoms with van der Waals surface area (Å²) in [5, 5.41) is 4.54. The van der Waals surface area contributed by atoms with Crippen LogP contribution in [-0.2, 0) is 20.7 Å². The number of aryl methyl sites for hydroxylation is 1. The van der Waals surface area contributed by atoms with Crippen LogP contribution in [0.25, 0.3) is 5.69 Å². The van der Waals surface area contributed by atoms with E-state index in [1.807, 2.05) is 48.9 Å². The molecule has 0 unspecified atom stereocenters. The van der Waals surface area contributed by atoms with Crippen LogP contribution in [0, 0.1) is 13.8 Å². The highest BCUT2D eigenvalue weighted by molar-refractivity contribution is 5.84. The first-order chi connectivity index (χ1) is 12.5. The molecule has 1 aliphatic heterocycles. The van der Waals surface area contributed by atoms with Gasteiger partial charge in [-0.25, -0.2) is 4.68 Å². The Morgan fingerprint density at radius 3 is 2.46 bits per heavy atom. The van der Waals surface area contributed by atoms with E-state index in [0.717, 1.165) is 48.6 Å². The number of hydrogen-bond donors (Lipinski definition) is 0. The molecular formula is C20H25N3O3. The Hall–Kier alpha value is -2.63. The van der Waals surface area contributed by atoms with Crippen LogP contribution in [0.1, 0.15) is 36.7 Å². The number of likely N-dealkylation sites (tertiary alicyclic amines) is 1. The van der Waals surface area contributed by atoms with E-state index in [-0.39, 0.29) is 12.3 Å². The second-order valence-corrected chi connectivity index (χ2v) is 6.74. The topological polar surface area (TPSA) is 64.4 Å². The second-order valence-electron chi connectivity index (χ2n) is 6.74. The van der Waals surface area contributed by atoms with Gasteiger partial charge >= 0.3 is 5.97 Å². The lowest BCUT2D eigenvalue weighted by Crippen LogP contribution is -2.38. The third-order valence-corrected chi connectivity index (χ3v) is 4.84. The maximum Gasteiger partial charge on any atom is 0.311 e. The van der Waals surface area contributed by atoms with Crippen molar-refractivity contribution >= 4 is 11.9 Å². The van der Waals surface area contributed by atoms with E-state index in [2.05, 4.69) is 5.10 Å². The summed E-state index contributed by atoms with van der Waals surface area (Å²) in [7, 11) is 0. The summed E-state index contributed by atoms with van der Waals surface area (Å²) in [6.07, 6.45) is 1.40. The van der Waals surface area contributed by atoms with Crippen molar-refractivity contribution in [2.75, 3.05) is 13.1 Å². The molecule has 2 heterocycles. The molecule has 1 atom stereocenters. The molecule has 0 saturated carbocycles. The van der Waals surface area contributed by atoms with E-state index in [9.17, 15) is 9.59 Å². The van der Waals surface area contributed by atoms with Crippen LogP contribution < -0.4 is 0 Å². The zero-order valence-electron chi connectivity index (χ0n) is 15.6. The van der Waals surface area contributed by atoms with Crippen LogP contribution in [0.15, 0.2) is 30.3 Å². The number of ether oxygens (including phenoxy) is 1. The van der Waals surface area contributed by atoms with Crippen molar-refractivity contribution in [2.45, 2.75) is 46.1 Å². The van der Waals surface area contributed by atoms with Crippen molar-refractivity contribution in [3.63, 3.8) is 0 Å². The first-order valence-corrected chi connectivity index (χ1v) is 9.06. The van der Waals surface area contributed by atoms with E-state index < -0.39 is 12.1 Å². The first-order valence-electron chi connectivity index (χ1n) is 9.06. The summed E-state index contributed by atoms with van der Waals surface area (Å²) in [6.45, 7) is 6.97. The number of aromatic nitrogens is 2. The molecule has 0 radical (unpaired) electrons. The fourth-order valence-corrected chi connectivity index (χ4v) is 3.38. The molecule has 0 bridgehead atoms. The molecular weight excluding hydrogens is 330 g/mol. The number of benzene rings is 1. The average Bonchev–Trinajstić information content (AvgIpc) is 3.26. The van der Waals surface area contributed by atoms with Crippen LogP contribution in [0.5, 0.6) is 0 Å². The minimum atomic E-state index is -0.745. The Morgan fingerprint density at radius 1 is 1.15 bits per heavy atom.